The van der Waals surface area contributed by atoms with E-state index in [0.717, 1.165) is 16.9 Å². The third-order valence-corrected chi connectivity index (χ3v) is 2.90. The van der Waals surface area contributed by atoms with Gasteiger partial charge in [0, 0.05) is 10.5 Å². The van der Waals surface area contributed by atoms with Crippen LogP contribution in [0, 0.1) is 0 Å². The smallest absolute Gasteiger partial charge is 0.161 e. The third kappa shape index (κ3) is 2.65. The van der Waals surface area contributed by atoms with Gasteiger partial charge in [-0.15, -0.1) is 11.8 Å². The summed E-state index contributed by atoms with van der Waals surface area (Å²) in [6.07, 6.45) is 0.833. The molecule has 0 aliphatic heterocycles. The molecule has 0 radical (unpaired) electrons. The van der Waals surface area contributed by atoms with Crippen molar-refractivity contribution in [3.05, 3.63) is 17.7 Å². The molecule has 15 heavy (non-hydrogen) atoms. The molecule has 0 amide bonds. The molecule has 0 aliphatic carbocycles. The summed E-state index contributed by atoms with van der Waals surface area (Å²) in [6, 6.07) is 3.53. The van der Waals surface area contributed by atoms with Gasteiger partial charge in [0.1, 0.15) is 0 Å². The van der Waals surface area contributed by atoms with E-state index in [-0.39, 0.29) is 0 Å². The number of carbonyl (C=O) groups excluding carboxylic acids is 1. The van der Waals surface area contributed by atoms with Crippen molar-refractivity contribution in [3.63, 3.8) is 0 Å². The Hall–Kier alpha value is -1.16. The number of methoxy groups -OCH3 is 2. The second-order valence-corrected chi connectivity index (χ2v) is 4.10. The monoisotopic (exact) mass is 226 g/mol. The fourth-order valence-electron chi connectivity index (χ4n) is 1.25. The predicted molar refractivity (Wildman–Crippen MR) is 61.3 cm³/mol. The Kier molecular flexibility index (Phi) is 4.49. The topological polar surface area (TPSA) is 35.5 Å². The zero-order valence-electron chi connectivity index (χ0n) is 9.07. The van der Waals surface area contributed by atoms with Gasteiger partial charge in [-0.25, -0.2) is 0 Å². The number of thioether (sulfide) groups is 1. The normalized spacial score (nSPS) is 9.80. The first-order valence-electron chi connectivity index (χ1n) is 4.60. The third-order valence-electron chi connectivity index (χ3n) is 1.94. The number of ether oxygens (including phenoxy) is 2. The van der Waals surface area contributed by atoms with E-state index < -0.39 is 0 Å². The fraction of sp³-hybridized carbons (Fsp3) is 0.364. The Morgan fingerprint density at radius 2 is 1.87 bits per heavy atom. The van der Waals surface area contributed by atoms with Crippen molar-refractivity contribution in [1.82, 2.24) is 0 Å². The Morgan fingerprint density at radius 1 is 1.27 bits per heavy atom. The highest BCUT2D eigenvalue weighted by atomic mass is 32.2. The molecule has 82 valence electrons. The molecule has 0 heterocycles. The molecule has 0 bridgehead atoms. The molecule has 0 spiro atoms. The zero-order valence-corrected chi connectivity index (χ0v) is 9.89. The van der Waals surface area contributed by atoms with E-state index in [1.807, 2.05) is 13.0 Å². The number of carbonyl (C=O) groups is 1. The molecule has 0 saturated carbocycles. The Balaban J connectivity index is 3.20. The molecule has 1 aromatic rings. The summed E-state index contributed by atoms with van der Waals surface area (Å²) in [5, 5.41) is 0. The minimum Gasteiger partial charge on any atom is -0.493 e. The largest absolute Gasteiger partial charge is 0.493 e. The molecular formula is C11H14O3S. The number of hydrogen-bond acceptors (Lipinski definition) is 4. The van der Waals surface area contributed by atoms with E-state index in [2.05, 4.69) is 0 Å². The van der Waals surface area contributed by atoms with Crippen LogP contribution in [0.1, 0.15) is 17.3 Å². The number of hydrogen-bond donors (Lipinski definition) is 0. The van der Waals surface area contributed by atoms with Crippen LogP contribution in [-0.2, 0) is 0 Å². The van der Waals surface area contributed by atoms with Gasteiger partial charge in [0.25, 0.3) is 0 Å². The minimum absolute atomic E-state index is 0.583. The van der Waals surface area contributed by atoms with Crippen molar-refractivity contribution in [3.8, 4) is 11.5 Å². The lowest BCUT2D eigenvalue weighted by Crippen LogP contribution is -1.94. The fourth-order valence-corrected chi connectivity index (χ4v) is 2.02. The van der Waals surface area contributed by atoms with E-state index >= 15 is 0 Å². The van der Waals surface area contributed by atoms with Gasteiger partial charge in [-0.3, -0.25) is 4.79 Å². The van der Waals surface area contributed by atoms with Gasteiger partial charge >= 0.3 is 0 Å². The molecule has 1 rings (SSSR count). The van der Waals surface area contributed by atoms with Crippen LogP contribution < -0.4 is 9.47 Å². The maximum atomic E-state index is 10.9. The SMILES string of the molecule is CCSc1cc(OC)c(OC)cc1C=O. The van der Waals surface area contributed by atoms with Crippen molar-refractivity contribution in [2.45, 2.75) is 11.8 Å². The van der Waals surface area contributed by atoms with Crippen molar-refractivity contribution in [1.29, 1.82) is 0 Å². The van der Waals surface area contributed by atoms with E-state index in [0.29, 0.717) is 17.1 Å². The van der Waals surface area contributed by atoms with Crippen LogP contribution in [0.3, 0.4) is 0 Å². The van der Waals surface area contributed by atoms with E-state index in [9.17, 15) is 4.79 Å². The first-order chi connectivity index (χ1) is 7.26. The van der Waals surface area contributed by atoms with Crippen molar-refractivity contribution < 1.29 is 14.3 Å². The summed E-state index contributed by atoms with van der Waals surface area (Å²) < 4.78 is 10.3. The second-order valence-electron chi connectivity index (χ2n) is 2.80. The van der Waals surface area contributed by atoms with Crippen LogP contribution in [0.2, 0.25) is 0 Å². The predicted octanol–water partition coefficient (Wildman–Crippen LogP) is 2.63. The molecular weight excluding hydrogens is 212 g/mol. The summed E-state index contributed by atoms with van der Waals surface area (Å²) in [6.45, 7) is 2.04. The van der Waals surface area contributed by atoms with Gasteiger partial charge in [0.2, 0.25) is 0 Å². The van der Waals surface area contributed by atoms with Crippen molar-refractivity contribution >= 4 is 18.0 Å². The van der Waals surface area contributed by atoms with Crippen LogP contribution in [-0.4, -0.2) is 26.3 Å². The van der Waals surface area contributed by atoms with Crippen LogP contribution in [0.4, 0.5) is 0 Å². The van der Waals surface area contributed by atoms with Gasteiger partial charge in [-0.1, -0.05) is 6.92 Å². The number of benzene rings is 1. The Morgan fingerprint density at radius 3 is 2.33 bits per heavy atom. The van der Waals surface area contributed by atoms with Crippen LogP contribution in [0.15, 0.2) is 17.0 Å². The van der Waals surface area contributed by atoms with Crippen LogP contribution in [0.25, 0.3) is 0 Å². The quantitative estimate of drug-likeness (QED) is 0.571. The van der Waals surface area contributed by atoms with Gasteiger partial charge in [0.15, 0.2) is 17.8 Å². The molecule has 0 atom stereocenters. The summed E-state index contributed by atoms with van der Waals surface area (Å²) in [5.41, 5.74) is 0.638. The summed E-state index contributed by atoms with van der Waals surface area (Å²) in [5.74, 6) is 2.15. The molecule has 4 heteroatoms. The van der Waals surface area contributed by atoms with E-state index in [4.69, 9.17) is 9.47 Å². The Labute approximate surface area is 93.8 Å². The van der Waals surface area contributed by atoms with Crippen LogP contribution in [0.5, 0.6) is 11.5 Å². The standard InChI is InChI=1S/C11H14O3S/c1-4-15-11-6-10(14-3)9(13-2)5-8(11)7-12/h5-7H,4H2,1-3H3. The van der Waals surface area contributed by atoms with Crippen molar-refractivity contribution in [2.75, 3.05) is 20.0 Å². The molecule has 0 aliphatic rings. The van der Waals surface area contributed by atoms with Crippen LogP contribution >= 0.6 is 11.8 Å². The lowest BCUT2D eigenvalue weighted by molar-refractivity contribution is 0.112. The van der Waals surface area contributed by atoms with Gasteiger partial charge in [-0.05, 0) is 17.9 Å². The maximum absolute atomic E-state index is 10.9. The first kappa shape index (κ1) is 11.9. The van der Waals surface area contributed by atoms with Gasteiger partial charge in [-0.2, -0.15) is 0 Å². The molecule has 1 aromatic carbocycles. The molecule has 3 nitrogen and oxygen atoms in total. The molecule has 0 fully saturated rings. The molecule has 0 saturated heterocycles. The highest BCUT2D eigenvalue weighted by molar-refractivity contribution is 7.99. The number of aldehydes is 1. The zero-order chi connectivity index (χ0) is 11.3. The lowest BCUT2D eigenvalue weighted by atomic mass is 10.2. The highest BCUT2D eigenvalue weighted by Gasteiger charge is 2.10. The molecule has 0 unspecified atom stereocenters. The first-order valence-corrected chi connectivity index (χ1v) is 5.59. The molecule has 0 N–H and O–H groups in total. The molecule has 0 aromatic heterocycles. The van der Waals surface area contributed by atoms with E-state index in [1.165, 1.54) is 0 Å². The summed E-state index contributed by atoms with van der Waals surface area (Å²) in [7, 11) is 3.14. The maximum Gasteiger partial charge on any atom is 0.161 e. The van der Waals surface area contributed by atoms with E-state index in [1.54, 1.807) is 32.0 Å². The average molecular weight is 226 g/mol. The summed E-state index contributed by atoms with van der Waals surface area (Å²) >= 11 is 1.61. The van der Waals surface area contributed by atoms with Gasteiger partial charge < -0.3 is 9.47 Å². The second kappa shape index (κ2) is 5.66. The average Bonchev–Trinajstić information content (AvgIpc) is 2.28. The van der Waals surface area contributed by atoms with Gasteiger partial charge in [0.05, 0.1) is 14.2 Å². The van der Waals surface area contributed by atoms with Crippen molar-refractivity contribution in [2.24, 2.45) is 0 Å². The highest BCUT2D eigenvalue weighted by Crippen LogP contribution is 2.34. The Bertz CT molecular complexity index is 350. The number of rotatable bonds is 5. The minimum atomic E-state index is 0.583. The lowest BCUT2D eigenvalue weighted by Gasteiger charge is -2.11. The summed E-state index contributed by atoms with van der Waals surface area (Å²) in [4.78, 5) is 11.8.